The van der Waals surface area contributed by atoms with Crippen LogP contribution < -0.4 is 5.73 Å². The number of nitrogens with zero attached hydrogens (tertiary/aromatic N) is 2. The van der Waals surface area contributed by atoms with E-state index in [-0.39, 0.29) is 0 Å². The minimum atomic E-state index is 0.373. The molecule has 0 amide bonds. The Kier molecular flexibility index (Phi) is 6.10. The molecule has 124 valence electrons. The van der Waals surface area contributed by atoms with Gasteiger partial charge >= 0.3 is 0 Å². The number of nitrogens with two attached hydrogens (primary N) is 1. The van der Waals surface area contributed by atoms with Gasteiger partial charge in [0.15, 0.2) is 0 Å². The molecule has 3 unspecified atom stereocenters. The number of hydrogen-bond donors (Lipinski definition) is 1. The van der Waals surface area contributed by atoms with Gasteiger partial charge in [0.1, 0.15) is 0 Å². The summed E-state index contributed by atoms with van der Waals surface area (Å²) in [4.78, 5) is 5.17. The van der Waals surface area contributed by atoms with E-state index >= 15 is 0 Å². The number of likely N-dealkylation sites (N-methyl/N-ethyl adjacent to an activating group) is 1. The van der Waals surface area contributed by atoms with Crippen molar-refractivity contribution >= 4 is 0 Å². The average molecular weight is 296 g/mol. The quantitative estimate of drug-likeness (QED) is 0.818. The fraction of sp³-hybridized carbons (Fsp3) is 1.00. The maximum Gasteiger partial charge on any atom is 0.0247 e. The van der Waals surface area contributed by atoms with E-state index in [9.17, 15) is 0 Å². The number of rotatable bonds is 6. The molecule has 0 bridgehead atoms. The minimum absolute atomic E-state index is 0.373. The van der Waals surface area contributed by atoms with E-state index in [1.165, 1.54) is 64.7 Å². The Morgan fingerprint density at radius 1 is 1.19 bits per heavy atom. The molecule has 0 aromatic carbocycles. The summed E-state index contributed by atoms with van der Waals surface area (Å²) in [6.07, 6.45) is 7.86. The van der Waals surface area contributed by atoms with Crippen molar-refractivity contribution in [2.24, 2.45) is 17.1 Å². The van der Waals surface area contributed by atoms with Gasteiger partial charge in [-0.15, -0.1) is 0 Å². The Hall–Kier alpha value is -0.120. The molecule has 1 aliphatic carbocycles. The van der Waals surface area contributed by atoms with Gasteiger partial charge < -0.3 is 15.5 Å². The molecular formula is C18H37N3. The second kappa shape index (κ2) is 7.43. The number of likely N-dealkylation sites (tertiary alicyclic amines) is 1. The van der Waals surface area contributed by atoms with Crippen LogP contribution in [0.4, 0.5) is 0 Å². The van der Waals surface area contributed by atoms with Crippen LogP contribution in [0, 0.1) is 11.3 Å². The second-order valence-electron chi connectivity index (χ2n) is 8.11. The summed E-state index contributed by atoms with van der Waals surface area (Å²) in [6, 6.07) is 0.953. The van der Waals surface area contributed by atoms with E-state index in [2.05, 4.69) is 37.6 Å². The lowest BCUT2D eigenvalue weighted by molar-refractivity contribution is 0.0689. The van der Waals surface area contributed by atoms with Gasteiger partial charge in [0.05, 0.1) is 0 Å². The Labute approximate surface area is 132 Å². The van der Waals surface area contributed by atoms with Crippen LogP contribution in [0.1, 0.15) is 59.3 Å². The Balaban J connectivity index is 1.86. The molecule has 3 heteroatoms. The van der Waals surface area contributed by atoms with Crippen LogP contribution in [-0.2, 0) is 0 Å². The van der Waals surface area contributed by atoms with Gasteiger partial charge in [0.2, 0.25) is 0 Å². The molecular weight excluding hydrogens is 258 g/mol. The van der Waals surface area contributed by atoms with Crippen LogP contribution in [0.25, 0.3) is 0 Å². The first kappa shape index (κ1) is 17.2. The third-order valence-electron chi connectivity index (χ3n) is 6.42. The van der Waals surface area contributed by atoms with E-state index in [1.54, 1.807) is 0 Å². The molecule has 0 spiro atoms. The first-order chi connectivity index (χ1) is 9.94. The Bertz CT molecular complexity index is 310. The predicted molar refractivity (Wildman–Crippen MR) is 91.5 cm³/mol. The summed E-state index contributed by atoms with van der Waals surface area (Å²) in [7, 11) is 2.29. The molecule has 2 fully saturated rings. The zero-order chi connectivity index (χ0) is 15.5. The summed E-state index contributed by atoms with van der Waals surface area (Å²) in [5, 5.41) is 0. The van der Waals surface area contributed by atoms with E-state index in [0.717, 1.165) is 5.92 Å². The standard InChI is InChI=1S/C18H37N3/c1-5-18(2,3)15-8-9-16(19)17(14-15)20(4)12-13-21-10-6-7-11-21/h15-17H,5-14,19H2,1-4H3. The van der Waals surface area contributed by atoms with Gasteiger partial charge in [-0.25, -0.2) is 0 Å². The van der Waals surface area contributed by atoms with Gasteiger partial charge in [-0.05, 0) is 63.6 Å². The highest BCUT2D eigenvalue weighted by Gasteiger charge is 2.37. The van der Waals surface area contributed by atoms with Gasteiger partial charge in [-0.1, -0.05) is 27.2 Å². The van der Waals surface area contributed by atoms with E-state index in [1.807, 2.05) is 0 Å². The van der Waals surface area contributed by atoms with Gasteiger partial charge in [0, 0.05) is 25.2 Å². The zero-order valence-corrected chi connectivity index (χ0v) is 14.8. The molecule has 1 heterocycles. The maximum absolute atomic E-state index is 6.46. The SMILES string of the molecule is CCC(C)(C)C1CCC(N)C(N(C)CCN2CCCC2)C1. The van der Waals surface area contributed by atoms with Gasteiger partial charge in [-0.2, -0.15) is 0 Å². The van der Waals surface area contributed by atoms with Crippen LogP contribution in [0.2, 0.25) is 0 Å². The van der Waals surface area contributed by atoms with Crippen molar-refractivity contribution in [3.8, 4) is 0 Å². The Morgan fingerprint density at radius 2 is 1.86 bits per heavy atom. The van der Waals surface area contributed by atoms with Crippen LogP contribution in [0.5, 0.6) is 0 Å². The fourth-order valence-corrected chi connectivity index (χ4v) is 4.15. The van der Waals surface area contributed by atoms with Crippen molar-refractivity contribution in [1.82, 2.24) is 9.80 Å². The lowest BCUT2D eigenvalue weighted by atomic mass is 9.67. The molecule has 0 aromatic rings. The lowest BCUT2D eigenvalue weighted by Gasteiger charge is -2.45. The smallest absolute Gasteiger partial charge is 0.0247 e. The molecule has 2 N–H and O–H groups in total. The molecule has 1 aliphatic heterocycles. The lowest BCUT2D eigenvalue weighted by Crippen LogP contribution is -2.52. The highest BCUT2D eigenvalue weighted by Crippen LogP contribution is 2.41. The maximum atomic E-state index is 6.46. The summed E-state index contributed by atoms with van der Waals surface area (Å²) < 4.78 is 0. The van der Waals surface area contributed by atoms with Crippen molar-refractivity contribution in [3.05, 3.63) is 0 Å². The highest BCUT2D eigenvalue weighted by atomic mass is 15.2. The summed E-state index contributed by atoms with van der Waals surface area (Å²) in [5.74, 6) is 0.835. The molecule has 1 saturated carbocycles. The first-order valence-corrected chi connectivity index (χ1v) is 9.12. The normalized spacial score (nSPS) is 32.0. The highest BCUT2D eigenvalue weighted by molar-refractivity contribution is 4.93. The average Bonchev–Trinajstić information content (AvgIpc) is 2.98. The first-order valence-electron chi connectivity index (χ1n) is 9.12. The fourth-order valence-electron chi connectivity index (χ4n) is 4.15. The van der Waals surface area contributed by atoms with Crippen LogP contribution in [0.15, 0.2) is 0 Å². The van der Waals surface area contributed by atoms with Crippen LogP contribution >= 0.6 is 0 Å². The van der Waals surface area contributed by atoms with Gasteiger partial charge in [0.25, 0.3) is 0 Å². The van der Waals surface area contributed by atoms with E-state index in [4.69, 9.17) is 5.73 Å². The molecule has 2 rings (SSSR count). The van der Waals surface area contributed by atoms with Crippen molar-refractivity contribution in [2.75, 3.05) is 33.2 Å². The summed E-state index contributed by atoms with van der Waals surface area (Å²) in [6.45, 7) is 12.2. The minimum Gasteiger partial charge on any atom is -0.326 e. The van der Waals surface area contributed by atoms with Crippen molar-refractivity contribution in [2.45, 2.75) is 71.4 Å². The molecule has 3 nitrogen and oxygen atoms in total. The molecule has 1 saturated heterocycles. The predicted octanol–water partition coefficient (Wildman–Crippen LogP) is 2.95. The summed E-state index contributed by atoms with van der Waals surface area (Å²) >= 11 is 0. The van der Waals surface area contributed by atoms with E-state index < -0.39 is 0 Å². The van der Waals surface area contributed by atoms with Gasteiger partial charge in [-0.3, -0.25) is 0 Å². The second-order valence-corrected chi connectivity index (χ2v) is 8.11. The molecule has 0 aromatic heterocycles. The summed E-state index contributed by atoms with van der Waals surface area (Å²) in [5.41, 5.74) is 6.92. The van der Waals surface area contributed by atoms with Crippen molar-refractivity contribution < 1.29 is 0 Å². The zero-order valence-electron chi connectivity index (χ0n) is 14.8. The molecule has 2 aliphatic rings. The van der Waals surface area contributed by atoms with Crippen molar-refractivity contribution in [3.63, 3.8) is 0 Å². The molecule has 21 heavy (non-hydrogen) atoms. The monoisotopic (exact) mass is 295 g/mol. The number of hydrogen-bond acceptors (Lipinski definition) is 3. The largest absolute Gasteiger partial charge is 0.326 e. The molecule has 0 radical (unpaired) electrons. The molecule has 3 atom stereocenters. The third-order valence-corrected chi connectivity index (χ3v) is 6.42. The van der Waals surface area contributed by atoms with E-state index in [0.29, 0.717) is 17.5 Å². The third kappa shape index (κ3) is 4.43. The van der Waals surface area contributed by atoms with Crippen LogP contribution in [-0.4, -0.2) is 55.1 Å². The van der Waals surface area contributed by atoms with Crippen molar-refractivity contribution in [1.29, 1.82) is 0 Å². The van der Waals surface area contributed by atoms with Crippen LogP contribution in [0.3, 0.4) is 0 Å². The topological polar surface area (TPSA) is 32.5 Å². The Morgan fingerprint density at radius 3 is 2.48 bits per heavy atom.